The minimum absolute atomic E-state index is 0.147. The van der Waals surface area contributed by atoms with E-state index in [-0.39, 0.29) is 5.92 Å². The lowest BCUT2D eigenvalue weighted by molar-refractivity contribution is -0.123. The molecule has 0 aliphatic heterocycles. The molecule has 2 heteroatoms. The Kier molecular flexibility index (Phi) is 6.87. The van der Waals surface area contributed by atoms with Gasteiger partial charge in [0.05, 0.1) is 6.61 Å². The van der Waals surface area contributed by atoms with Gasteiger partial charge in [-0.15, -0.1) is 0 Å². The normalized spacial score (nSPS) is 11.2. The summed E-state index contributed by atoms with van der Waals surface area (Å²) in [6.07, 6.45) is 1.64. The molecular weight excluding hydrogens is 164 g/mol. The smallest absolute Gasteiger partial charge is 0.137 e. The molecule has 0 aromatic carbocycles. The first kappa shape index (κ1) is 12.6. The van der Waals surface area contributed by atoms with Crippen molar-refractivity contribution in [1.29, 1.82) is 0 Å². The molecule has 0 aromatic heterocycles. The molecule has 0 heterocycles. The van der Waals surface area contributed by atoms with Crippen LogP contribution in [0.3, 0.4) is 0 Å². The summed E-state index contributed by atoms with van der Waals surface area (Å²) in [6, 6.07) is 0. The fourth-order valence-electron chi connectivity index (χ4n) is 0.883. The monoisotopic (exact) mass is 186 g/mol. The summed E-state index contributed by atoms with van der Waals surface area (Å²) in [5.41, 5.74) is 0. The Morgan fingerprint density at radius 3 is 2.23 bits per heavy atom. The van der Waals surface area contributed by atoms with Crippen molar-refractivity contribution in [1.82, 2.24) is 0 Å². The Balaban J connectivity index is 3.21. The van der Waals surface area contributed by atoms with Crippen molar-refractivity contribution in [2.75, 3.05) is 13.2 Å². The van der Waals surface area contributed by atoms with Crippen LogP contribution in [0.15, 0.2) is 0 Å². The number of hydrogen-bond acceptors (Lipinski definition) is 2. The number of Topliss-reactive ketones (excluding diaryl/α,β-unsaturated/α-hetero) is 1. The van der Waals surface area contributed by atoms with Crippen LogP contribution in [0.5, 0.6) is 0 Å². The van der Waals surface area contributed by atoms with Crippen molar-refractivity contribution in [3.8, 4) is 0 Å². The molecule has 0 spiro atoms. The number of hydrogen-bond donors (Lipinski definition) is 0. The minimum Gasteiger partial charge on any atom is -0.381 e. The predicted octanol–water partition coefficient (Wildman–Crippen LogP) is 2.66. The summed E-state index contributed by atoms with van der Waals surface area (Å²) in [6.45, 7) is 9.56. The molecule has 0 aliphatic rings. The van der Waals surface area contributed by atoms with Gasteiger partial charge in [-0.3, -0.25) is 4.79 Å². The molecule has 78 valence electrons. The van der Waals surface area contributed by atoms with Gasteiger partial charge in [0.1, 0.15) is 5.78 Å². The Morgan fingerprint density at radius 2 is 1.77 bits per heavy atom. The van der Waals surface area contributed by atoms with Crippen LogP contribution in [-0.2, 0) is 9.53 Å². The molecule has 0 saturated heterocycles. The summed E-state index contributed by atoms with van der Waals surface area (Å²) in [7, 11) is 0. The number of carbonyl (C=O) groups is 1. The average Bonchev–Trinajstić information content (AvgIpc) is 2.02. The predicted molar refractivity (Wildman–Crippen MR) is 54.7 cm³/mol. The molecule has 0 fully saturated rings. The maximum atomic E-state index is 11.2. The van der Waals surface area contributed by atoms with E-state index in [1.165, 1.54) is 0 Å². The van der Waals surface area contributed by atoms with E-state index >= 15 is 0 Å². The average molecular weight is 186 g/mol. The van der Waals surface area contributed by atoms with Gasteiger partial charge >= 0.3 is 0 Å². The molecule has 0 N–H and O–H groups in total. The van der Waals surface area contributed by atoms with Gasteiger partial charge in [0, 0.05) is 18.9 Å². The summed E-state index contributed by atoms with van der Waals surface area (Å²) in [4.78, 5) is 11.2. The van der Waals surface area contributed by atoms with Crippen LogP contribution in [0.4, 0.5) is 0 Å². The summed E-state index contributed by atoms with van der Waals surface area (Å²) < 4.78 is 5.34. The van der Waals surface area contributed by atoms with Crippen molar-refractivity contribution in [2.45, 2.75) is 40.5 Å². The zero-order valence-corrected chi connectivity index (χ0v) is 9.30. The van der Waals surface area contributed by atoms with Crippen LogP contribution in [0.1, 0.15) is 40.5 Å². The fourth-order valence-corrected chi connectivity index (χ4v) is 0.883. The van der Waals surface area contributed by atoms with Crippen LogP contribution in [0.2, 0.25) is 0 Å². The van der Waals surface area contributed by atoms with Gasteiger partial charge < -0.3 is 4.74 Å². The maximum absolute atomic E-state index is 11.2. The molecule has 0 rings (SSSR count). The van der Waals surface area contributed by atoms with Gasteiger partial charge in [0.25, 0.3) is 0 Å². The van der Waals surface area contributed by atoms with E-state index in [2.05, 4.69) is 13.8 Å². The molecule has 0 aliphatic carbocycles. The Morgan fingerprint density at radius 1 is 1.15 bits per heavy atom. The molecule has 0 unspecified atom stereocenters. The van der Waals surface area contributed by atoms with E-state index in [1.54, 1.807) is 0 Å². The van der Waals surface area contributed by atoms with Gasteiger partial charge in [0.15, 0.2) is 0 Å². The minimum atomic E-state index is 0.147. The molecule has 0 aromatic rings. The molecule has 13 heavy (non-hydrogen) atoms. The SMILES string of the molecule is CC(C)CCOCCC(=O)C(C)C. The van der Waals surface area contributed by atoms with Crippen LogP contribution >= 0.6 is 0 Å². The first-order valence-corrected chi connectivity index (χ1v) is 5.14. The fraction of sp³-hybridized carbons (Fsp3) is 0.909. The highest BCUT2D eigenvalue weighted by molar-refractivity contribution is 5.80. The van der Waals surface area contributed by atoms with Gasteiger partial charge in [-0.2, -0.15) is 0 Å². The van der Waals surface area contributed by atoms with Crippen molar-refractivity contribution in [3.05, 3.63) is 0 Å². The highest BCUT2D eigenvalue weighted by Gasteiger charge is 2.06. The third-order valence-corrected chi connectivity index (χ3v) is 1.98. The number of rotatable bonds is 7. The standard InChI is InChI=1S/C11H22O2/c1-9(2)5-7-13-8-6-11(12)10(3)4/h9-10H,5-8H2,1-4H3. The molecule has 0 saturated carbocycles. The highest BCUT2D eigenvalue weighted by Crippen LogP contribution is 2.01. The van der Waals surface area contributed by atoms with Crippen molar-refractivity contribution in [2.24, 2.45) is 11.8 Å². The molecule has 0 atom stereocenters. The topological polar surface area (TPSA) is 26.3 Å². The van der Waals surface area contributed by atoms with Crippen LogP contribution in [-0.4, -0.2) is 19.0 Å². The van der Waals surface area contributed by atoms with E-state index in [4.69, 9.17) is 4.74 Å². The molecule has 0 amide bonds. The Bertz CT molecular complexity index is 139. The lowest BCUT2D eigenvalue weighted by Crippen LogP contribution is -2.11. The van der Waals surface area contributed by atoms with E-state index in [0.29, 0.717) is 24.7 Å². The van der Waals surface area contributed by atoms with Crippen LogP contribution in [0.25, 0.3) is 0 Å². The largest absolute Gasteiger partial charge is 0.381 e. The number of ketones is 1. The zero-order chi connectivity index (χ0) is 10.3. The maximum Gasteiger partial charge on any atom is 0.137 e. The zero-order valence-electron chi connectivity index (χ0n) is 9.30. The van der Waals surface area contributed by atoms with Gasteiger partial charge in [-0.05, 0) is 12.3 Å². The molecular formula is C11H22O2. The third-order valence-electron chi connectivity index (χ3n) is 1.98. The quantitative estimate of drug-likeness (QED) is 0.571. The molecule has 2 nitrogen and oxygen atoms in total. The van der Waals surface area contributed by atoms with E-state index in [1.807, 2.05) is 13.8 Å². The van der Waals surface area contributed by atoms with Crippen LogP contribution < -0.4 is 0 Å². The van der Waals surface area contributed by atoms with Gasteiger partial charge in [0.2, 0.25) is 0 Å². The lowest BCUT2D eigenvalue weighted by Gasteiger charge is -2.06. The second-order valence-corrected chi connectivity index (χ2v) is 4.17. The number of ether oxygens (including phenoxy) is 1. The third kappa shape index (κ3) is 7.97. The molecule has 0 radical (unpaired) electrons. The van der Waals surface area contributed by atoms with Crippen molar-refractivity contribution >= 4 is 5.78 Å². The van der Waals surface area contributed by atoms with Crippen molar-refractivity contribution < 1.29 is 9.53 Å². The number of carbonyl (C=O) groups excluding carboxylic acids is 1. The summed E-state index contributed by atoms with van der Waals surface area (Å²) >= 11 is 0. The Hall–Kier alpha value is -0.370. The first-order valence-electron chi connectivity index (χ1n) is 5.14. The van der Waals surface area contributed by atoms with Crippen molar-refractivity contribution in [3.63, 3.8) is 0 Å². The summed E-state index contributed by atoms with van der Waals surface area (Å²) in [5.74, 6) is 1.12. The highest BCUT2D eigenvalue weighted by atomic mass is 16.5. The van der Waals surface area contributed by atoms with Gasteiger partial charge in [-0.1, -0.05) is 27.7 Å². The Labute approximate surface area is 81.7 Å². The van der Waals surface area contributed by atoms with E-state index in [9.17, 15) is 4.79 Å². The van der Waals surface area contributed by atoms with Gasteiger partial charge in [-0.25, -0.2) is 0 Å². The summed E-state index contributed by atoms with van der Waals surface area (Å²) in [5, 5.41) is 0. The van der Waals surface area contributed by atoms with Crippen LogP contribution in [0, 0.1) is 11.8 Å². The second-order valence-electron chi connectivity index (χ2n) is 4.17. The van der Waals surface area contributed by atoms with E-state index < -0.39 is 0 Å². The second kappa shape index (κ2) is 7.07. The van der Waals surface area contributed by atoms with E-state index in [0.717, 1.165) is 13.0 Å². The lowest BCUT2D eigenvalue weighted by atomic mass is 10.1. The first-order chi connectivity index (χ1) is 6.04. The molecule has 0 bridgehead atoms.